The Balaban J connectivity index is 1.84. The predicted octanol–water partition coefficient (Wildman–Crippen LogP) is 2.17. The number of carbonyl (C=O) groups excluding carboxylic acids is 3. The smallest absolute Gasteiger partial charge is 0.326 e. The van der Waals surface area contributed by atoms with E-state index < -0.39 is 23.9 Å². The number of hydrogen-bond donors (Lipinski definition) is 2. The maximum Gasteiger partial charge on any atom is 0.326 e. The Morgan fingerprint density at radius 2 is 1.78 bits per heavy atom. The molecule has 0 aliphatic heterocycles. The van der Waals surface area contributed by atoms with Crippen molar-refractivity contribution in [3.05, 3.63) is 65.2 Å². The number of aryl methyl sites for hydroxylation is 1. The van der Waals surface area contributed by atoms with E-state index in [4.69, 9.17) is 10.00 Å². The third-order valence-corrected chi connectivity index (χ3v) is 3.69. The van der Waals surface area contributed by atoms with Gasteiger partial charge in [-0.25, -0.2) is 0 Å². The first-order chi connectivity index (χ1) is 12.9. The molecular weight excluding hydrogens is 346 g/mol. The molecule has 138 valence electrons. The highest BCUT2D eigenvalue weighted by Crippen LogP contribution is 2.14. The van der Waals surface area contributed by atoms with Gasteiger partial charge in [-0.05, 0) is 38.1 Å². The first kappa shape index (κ1) is 19.7. The Morgan fingerprint density at radius 1 is 1.11 bits per heavy atom. The van der Waals surface area contributed by atoms with E-state index in [-0.39, 0.29) is 6.54 Å². The summed E-state index contributed by atoms with van der Waals surface area (Å²) in [6.07, 6.45) is -1.08. The standard InChI is InChI=1S/C20H19N3O4/c1-13-7-9-15(10-8-13)20(26)22-12-18(24)27-14(2)19(25)23-17-6-4-3-5-16(17)11-21/h3-10,14H,12H2,1-2H3,(H,22,26)(H,23,25)/t14-/m0/s1. The lowest BCUT2D eigenvalue weighted by molar-refractivity contribution is -0.152. The molecule has 0 bridgehead atoms. The molecule has 0 aliphatic carbocycles. The first-order valence-electron chi connectivity index (χ1n) is 8.25. The number of carbonyl (C=O) groups is 3. The van der Waals surface area contributed by atoms with Gasteiger partial charge in [0, 0.05) is 5.56 Å². The number of rotatable bonds is 6. The van der Waals surface area contributed by atoms with Crippen molar-refractivity contribution in [3.63, 3.8) is 0 Å². The van der Waals surface area contributed by atoms with E-state index >= 15 is 0 Å². The average Bonchev–Trinajstić information content (AvgIpc) is 2.67. The minimum atomic E-state index is -1.08. The van der Waals surface area contributed by atoms with Crippen molar-refractivity contribution in [3.8, 4) is 6.07 Å². The van der Waals surface area contributed by atoms with Crippen LogP contribution in [0.15, 0.2) is 48.5 Å². The molecule has 2 amide bonds. The number of benzene rings is 2. The average molecular weight is 365 g/mol. The van der Waals surface area contributed by atoms with Crippen molar-refractivity contribution < 1.29 is 19.1 Å². The Kier molecular flexibility index (Phi) is 6.67. The lowest BCUT2D eigenvalue weighted by Crippen LogP contribution is -2.35. The van der Waals surface area contributed by atoms with Crippen LogP contribution in [0.1, 0.15) is 28.4 Å². The minimum Gasteiger partial charge on any atom is -0.451 e. The summed E-state index contributed by atoms with van der Waals surface area (Å²) >= 11 is 0. The van der Waals surface area contributed by atoms with Crippen molar-refractivity contribution >= 4 is 23.5 Å². The zero-order valence-electron chi connectivity index (χ0n) is 15.0. The van der Waals surface area contributed by atoms with E-state index in [9.17, 15) is 14.4 Å². The van der Waals surface area contributed by atoms with Crippen LogP contribution in [0.2, 0.25) is 0 Å². The molecule has 27 heavy (non-hydrogen) atoms. The maximum absolute atomic E-state index is 12.1. The molecule has 2 rings (SSSR count). The van der Waals surface area contributed by atoms with Gasteiger partial charge in [-0.15, -0.1) is 0 Å². The van der Waals surface area contributed by atoms with Gasteiger partial charge in [0.15, 0.2) is 6.10 Å². The fourth-order valence-electron chi connectivity index (χ4n) is 2.18. The summed E-state index contributed by atoms with van der Waals surface area (Å²) in [5.41, 5.74) is 2.08. The molecule has 2 aromatic carbocycles. The molecule has 0 fully saturated rings. The molecule has 2 N–H and O–H groups in total. The van der Waals surface area contributed by atoms with Crippen molar-refractivity contribution in [2.45, 2.75) is 20.0 Å². The number of nitriles is 1. The number of anilines is 1. The van der Waals surface area contributed by atoms with Crippen molar-refractivity contribution in [1.29, 1.82) is 5.26 Å². The summed E-state index contributed by atoms with van der Waals surface area (Å²) in [6.45, 7) is 2.95. The molecule has 0 spiro atoms. The number of hydrogen-bond acceptors (Lipinski definition) is 5. The lowest BCUT2D eigenvalue weighted by Gasteiger charge is -2.14. The van der Waals surface area contributed by atoms with Crippen LogP contribution in [0.5, 0.6) is 0 Å². The Hall–Kier alpha value is -3.66. The van der Waals surface area contributed by atoms with Gasteiger partial charge >= 0.3 is 5.97 Å². The van der Waals surface area contributed by atoms with E-state index in [2.05, 4.69) is 10.6 Å². The molecule has 7 nitrogen and oxygen atoms in total. The van der Waals surface area contributed by atoms with Gasteiger partial charge in [0.05, 0.1) is 11.3 Å². The highest BCUT2D eigenvalue weighted by atomic mass is 16.5. The van der Waals surface area contributed by atoms with Gasteiger partial charge in [0.25, 0.3) is 11.8 Å². The second-order valence-electron chi connectivity index (χ2n) is 5.83. The van der Waals surface area contributed by atoms with Crippen LogP contribution in [0, 0.1) is 18.3 Å². The Labute approximate surface area is 156 Å². The van der Waals surface area contributed by atoms with Crippen LogP contribution < -0.4 is 10.6 Å². The molecule has 1 atom stereocenters. The quantitative estimate of drug-likeness (QED) is 0.763. The summed E-state index contributed by atoms with van der Waals surface area (Å²) in [5, 5.41) is 14.0. The molecule has 2 aromatic rings. The molecular formula is C20H19N3O4. The summed E-state index contributed by atoms with van der Waals surface area (Å²) in [7, 11) is 0. The maximum atomic E-state index is 12.1. The number of amides is 2. The highest BCUT2D eigenvalue weighted by molar-refractivity contribution is 5.97. The summed E-state index contributed by atoms with van der Waals surface area (Å²) < 4.78 is 5.01. The topological polar surface area (TPSA) is 108 Å². The fraction of sp³-hybridized carbons (Fsp3) is 0.200. The van der Waals surface area contributed by atoms with E-state index in [0.717, 1.165) is 5.56 Å². The first-order valence-corrected chi connectivity index (χ1v) is 8.25. The molecule has 0 aliphatic rings. The van der Waals surface area contributed by atoms with E-state index in [1.54, 1.807) is 48.5 Å². The van der Waals surface area contributed by atoms with Crippen LogP contribution in [0.4, 0.5) is 5.69 Å². The minimum absolute atomic E-state index is 0.301. The number of ether oxygens (including phenoxy) is 1. The van der Waals surface area contributed by atoms with Gasteiger partial charge in [0.2, 0.25) is 0 Å². The third kappa shape index (κ3) is 5.68. The van der Waals surface area contributed by atoms with Gasteiger partial charge in [-0.3, -0.25) is 14.4 Å². The molecule has 0 radical (unpaired) electrons. The summed E-state index contributed by atoms with van der Waals surface area (Å²) in [6, 6.07) is 15.3. The molecule has 0 saturated carbocycles. The van der Waals surface area contributed by atoms with Gasteiger partial charge in [-0.2, -0.15) is 5.26 Å². The molecule has 0 heterocycles. The molecule has 7 heteroatoms. The fourth-order valence-corrected chi connectivity index (χ4v) is 2.18. The second kappa shape index (κ2) is 9.15. The van der Waals surface area contributed by atoms with Crippen LogP contribution in [-0.2, 0) is 14.3 Å². The predicted molar refractivity (Wildman–Crippen MR) is 98.9 cm³/mol. The normalized spacial score (nSPS) is 11.0. The Morgan fingerprint density at radius 3 is 2.44 bits per heavy atom. The van der Waals surface area contributed by atoms with Crippen LogP contribution in [-0.4, -0.2) is 30.4 Å². The van der Waals surface area contributed by atoms with E-state index in [1.165, 1.54) is 6.92 Å². The highest BCUT2D eigenvalue weighted by Gasteiger charge is 2.19. The van der Waals surface area contributed by atoms with Gasteiger partial charge in [0.1, 0.15) is 12.6 Å². The Bertz CT molecular complexity index is 885. The molecule has 0 aromatic heterocycles. The second-order valence-corrected chi connectivity index (χ2v) is 5.83. The van der Waals surface area contributed by atoms with Crippen molar-refractivity contribution in [2.75, 3.05) is 11.9 Å². The van der Waals surface area contributed by atoms with Crippen LogP contribution >= 0.6 is 0 Å². The van der Waals surface area contributed by atoms with Gasteiger partial charge in [-0.1, -0.05) is 29.8 Å². The third-order valence-electron chi connectivity index (χ3n) is 3.69. The number of nitrogens with one attached hydrogen (secondary N) is 2. The van der Waals surface area contributed by atoms with Crippen LogP contribution in [0.3, 0.4) is 0 Å². The molecule has 0 unspecified atom stereocenters. The zero-order valence-corrected chi connectivity index (χ0v) is 15.0. The summed E-state index contributed by atoms with van der Waals surface area (Å²) in [4.78, 5) is 35.9. The molecule has 0 saturated heterocycles. The van der Waals surface area contributed by atoms with Crippen molar-refractivity contribution in [1.82, 2.24) is 5.32 Å². The largest absolute Gasteiger partial charge is 0.451 e. The van der Waals surface area contributed by atoms with Gasteiger partial charge < -0.3 is 15.4 Å². The lowest BCUT2D eigenvalue weighted by atomic mass is 10.1. The SMILES string of the molecule is Cc1ccc(C(=O)NCC(=O)O[C@@H](C)C(=O)Nc2ccccc2C#N)cc1. The summed E-state index contributed by atoms with van der Waals surface area (Å²) in [5.74, 6) is -1.73. The van der Waals surface area contributed by atoms with Crippen molar-refractivity contribution in [2.24, 2.45) is 0 Å². The van der Waals surface area contributed by atoms with Crippen LogP contribution in [0.25, 0.3) is 0 Å². The number of nitrogens with zero attached hydrogens (tertiary/aromatic N) is 1. The number of esters is 1. The van der Waals surface area contributed by atoms with E-state index in [0.29, 0.717) is 16.8 Å². The zero-order chi connectivity index (χ0) is 19.8. The van der Waals surface area contributed by atoms with E-state index in [1.807, 2.05) is 13.0 Å². The number of para-hydroxylation sites is 1. The monoisotopic (exact) mass is 365 g/mol.